The van der Waals surface area contributed by atoms with Crippen molar-refractivity contribution in [1.82, 2.24) is 19.5 Å². The molecule has 0 radical (unpaired) electrons. The zero-order chi connectivity index (χ0) is 14.3. The number of anilines is 1. The number of nitrogen functional groups attached to an aromatic ring is 1. The van der Waals surface area contributed by atoms with Gasteiger partial charge >= 0.3 is 0 Å². The molecule has 2 N–H and O–H groups in total. The quantitative estimate of drug-likeness (QED) is 0.824. The predicted octanol–water partition coefficient (Wildman–Crippen LogP) is 3.06. The zero-order valence-corrected chi connectivity index (χ0v) is 13.8. The van der Waals surface area contributed by atoms with E-state index in [-0.39, 0.29) is 0 Å². The lowest BCUT2D eigenvalue weighted by Crippen LogP contribution is -2.09. The number of aromatic nitrogens is 4. The van der Waals surface area contributed by atoms with E-state index in [1.807, 2.05) is 12.5 Å². The minimum Gasteiger partial charge on any atom is -0.383 e. The predicted molar refractivity (Wildman–Crippen MR) is 87.2 cm³/mol. The van der Waals surface area contributed by atoms with Crippen LogP contribution in [0.4, 0.5) is 5.82 Å². The fraction of sp³-hybridized carbons (Fsp3) is 0.500. The molecule has 6 heteroatoms. The van der Waals surface area contributed by atoms with Gasteiger partial charge in [-0.2, -0.15) is 0 Å². The lowest BCUT2D eigenvalue weighted by Gasteiger charge is -2.12. The maximum absolute atomic E-state index is 6.06. The van der Waals surface area contributed by atoms with Gasteiger partial charge in [0.2, 0.25) is 0 Å². The first-order valence-corrected chi connectivity index (χ1v) is 7.98. The minimum absolute atomic E-state index is 0.541. The second-order valence-electron chi connectivity index (χ2n) is 5.71. The molecular formula is C14H18IN5. The third-order valence-corrected chi connectivity index (χ3v) is 4.56. The molecule has 3 rings (SSSR count). The highest BCUT2D eigenvalue weighted by molar-refractivity contribution is 14.1. The van der Waals surface area contributed by atoms with Crippen molar-refractivity contribution in [1.29, 1.82) is 0 Å². The Morgan fingerprint density at radius 2 is 2.15 bits per heavy atom. The minimum atomic E-state index is 0.541. The first-order valence-electron chi connectivity index (χ1n) is 6.90. The van der Waals surface area contributed by atoms with Crippen molar-refractivity contribution >= 4 is 28.4 Å². The van der Waals surface area contributed by atoms with Gasteiger partial charge < -0.3 is 10.3 Å². The molecule has 106 valence electrons. The van der Waals surface area contributed by atoms with E-state index < -0.39 is 0 Å². The summed E-state index contributed by atoms with van der Waals surface area (Å²) in [6, 6.07) is 0.560. The van der Waals surface area contributed by atoms with Gasteiger partial charge in [0.1, 0.15) is 11.5 Å². The molecule has 1 saturated carbocycles. The molecular weight excluding hydrogens is 365 g/mol. The van der Waals surface area contributed by atoms with Crippen LogP contribution >= 0.6 is 22.6 Å². The number of hydrogen-bond donors (Lipinski definition) is 1. The maximum atomic E-state index is 6.06. The van der Waals surface area contributed by atoms with Crippen LogP contribution in [0.3, 0.4) is 0 Å². The highest BCUT2D eigenvalue weighted by atomic mass is 127. The smallest absolute Gasteiger partial charge is 0.180 e. The Balaban J connectivity index is 2.04. The zero-order valence-electron chi connectivity index (χ0n) is 11.7. The molecule has 0 bridgehead atoms. The van der Waals surface area contributed by atoms with Gasteiger partial charge in [-0.3, -0.25) is 0 Å². The van der Waals surface area contributed by atoms with Crippen molar-refractivity contribution in [2.24, 2.45) is 5.92 Å². The first-order chi connectivity index (χ1) is 9.56. The van der Waals surface area contributed by atoms with Crippen molar-refractivity contribution in [2.75, 3.05) is 5.73 Å². The van der Waals surface area contributed by atoms with Crippen molar-refractivity contribution in [3.05, 3.63) is 21.8 Å². The molecule has 0 aromatic carbocycles. The third-order valence-electron chi connectivity index (χ3n) is 3.38. The Kier molecular flexibility index (Phi) is 3.66. The van der Waals surface area contributed by atoms with Crippen LogP contribution in [-0.4, -0.2) is 19.5 Å². The molecule has 0 atom stereocenters. The normalized spacial score (nSPS) is 15.0. The van der Waals surface area contributed by atoms with E-state index >= 15 is 0 Å². The molecule has 2 heterocycles. The Morgan fingerprint density at radius 3 is 2.80 bits per heavy atom. The molecule has 1 aliphatic rings. The molecule has 20 heavy (non-hydrogen) atoms. The number of nitrogens with zero attached hydrogens (tertiary/aromatic N) is 4. The number of imidazole rings is 1. The average molecular weight is 383 g/mol. The van der Waals surface area contributed by atoms with Gasteiger partial charge in [0.05, 0.1) is 21.8 Å². The second-order valence-corrected chi connectivity index (χ2v) is 6.79. The van der Waals surface area contributed by atoms with Gasteiger partial charge in [-0.15, -0.1) is 0 Å². The molecule has 0 amide bonds. The Hall–Kier alpha value is -1.18. The van der Waals surface area contributed by atoms with Crippen LogP contribution in [0.5, 0.6) is 0 Å². The molecule has 1 aliphatic carbocycles. The number of rotatable bonds is 4. The van der Waals surface area contributed by atoms with E-state index in [0.717, 1.165) is 21.4 Å². The van der Waals surface area contributed by atoms with Gasteiger partial charge in [-0.1, -0.05) is 13.8 Å². The van der Waals surface area contributed by atoms with Crippen LogP contribution in [0.25, 0.3) is 11.5 Å². The summed E-state index contributed by atoms with van der Waals surface area (Å²) in [4.78, 5) is 13.4. The van der Waals surface area contributed by atoms with E-state index in [9.17, 15) is 0 Å². The van der Waals surface area contributed by atoms with Crippen LogP contribution in [0.15, 0.2) is 12.5 Å². The van der Waals surface area contributed by atoms with Crippen LogP contribution in [0.2, 0.25) is 0 Å². The van der Waals surface area contributed by atoms with Crippen LogP contribution in [0, 0.1) is 9.49 Å². The van der Waals surface area contributed by atoms with E-state index in [4.69, 9.17) is 10.7 Å². The standard InChI is InChI=1S/C14H18IN5/c1-8(2)5-10-12(15)13(16)19-14(18-10)11-6-17-7-20(11)9-3-4-9/h6-9H,3-5H2,1-2H3,(H2,16,18,19). The Labute approximate surface area is 132 Å². The summed E-state index contributed by atoms with van der Waals surface area (Å²) in [5.74, 6) is 1.80. The van der Waals surface area contributed by atoms with Gasteiger partial charge in [-0.05, 0) is 47.8 Å². The third kappa shape index (κ3) is 2.65. The monoisotopic (exact) mass is 383 g/mol. The van der Waals surface area contributed by atoms with Gasteiger partial charge in [0.25, 0.3) is 0 Å². The average Bonchev–Trinajstić information content (AvgIpc) is 3.12. The molecule has 1 fully saturated rings. The van der Waals surface area contributed by atoms with E-state index in [2.05, 4.69) is 51.0 Å². The second kappa shape index (κ2) is 5.31. The summed E-state index contributed by atoms with van der Waals surface area (Å²) in [6.45, 7) is 4.37. The summed E-state index contributed by atoms with van der Waals surface area (Å²) in [7, 11) is 0. The molecule has 0 unspecified atom stereocenters. The summed E-state index contributed by atoms with van der Waals surface area (Å²) in [6.07, 6.45) is 7.03. The van der Waals surface area contributed by atoms with Crippen LogP contribution in [-0.2, 0) is 6.42 Å². The number of halogens is 1. The lowest BCUT2D eigenvalue weighted by atomic mass is 10.1. The molecule has 5 nitrogen and oxygen atoms in total. The molecule has 0 saturated heterocycles. The first kappa shape index (κ1) is 13.8. The Bertz CT molecular complexity index is 630. The van der Waals surface area contributed by atoms with Crippen molar-refractivity contribution in [3.8, 4) is 11.5 Å². The number of nitrogens with two attached hydrogens (primary N) is 1. The molecule has 0 aliphatic heterocycles. The van der Waals surface area contributed by atoms with Crippen LogP contribution in [0.1, 0.15) is 38.4 Å². The van der Waals surface area contributed by atoms with Crippen molar-refractivity contribution in [2.45, 2.75) is 39.2 Å². The SMILES string of the molecule is CC(C)Cc1nc(-c2cncn2C2CC2)nc(N)c1I. The summed E-state index contributed by atoms with van der Waals surface area (Å²) < 4.78 is 3.14. The summed E-state index contributed by atoms with van der Waals surface area (Å²) in [5, 5.41) is 0. The van der Waals surface area contributed by atoms with Crippen LogP contribution < -0.4 is 5.73 Å². The summed E-state index contributed by atoms with van der Waals surface area (Å²) in [5.41, 5.74) is 8.06. The van der Waals surface area contributed by atoms with E-state index in [1.54, 1.807) is 0 Å². The Morgan fingerprint density at radius 1 is 1.40 bits per heavy atom. The largest absolute Gasteiger partial charge is 0.383 e. The number of hydrogen-bond acceptors (Lipinski definition) is 4. The van der Waals surface area contributed by atoms with E-state index in [1.165, 1.54) is 12.8 Å². The molecule has 2 aromatic rings. The lowest BCUT2D eigenvalue weighted by molar-refractivity contribution is 0.632. The van der Waals surface area contributed by atoms with E-state index in [0.29, 0.717) is 23.6 Å². The highest BCUT2D eigenvalue weighted by Crippen LogP contribution is 2.37. The summed E-state index contributed by atoms with van der Waals surface area (Å²) >= 11 is 2.23. The fourth-order valence-electron chi connectivity index (χ4n) is 2.27. The van der Waals surface area contributed by atoms with Crippen molar-refractivity contribution in [3.63, 3.8) is 0 Å². The van der Waals surface area contributed by atoms with Crippen molar-refractivity contribution < 1.29 is 0 Å². The molecule has 2 aromatic heterocycles. The fourth-order valence-corrected chi connectivity index (χ4v) is 2.73. The van der Waals surface area contributed by atoms with Gasteiger partial charge in [-0.25, -0.2) is 15.0 Å². The topological polar surface area (TPSA) is 69.6 Å². The van der Waals surface area contributed by atoms with Gasteiger partial charge in [0, 0.05) is 6.04 Å². The molecule has 0 spiro atoms. The van der Waals surface area contributed by atoms with Gasteiger partial charge in [0.15, 0.2) is 5.82 Å². The highest BCUT2D eigenvalue weighted by Gasteiger charge is 2.27. The maximum Gasteiger partial charge on any atom is 0.180 e.